The highest BCUT2D eigenvalue weighted by molar-refractivity contribution is 5.18. The molecule has 4 saturated carbocycles. The van der Waals surface area contributed by atoms with E-state index < -0.39 is 0 Å². The Morgan fingerprint density at radius 1 is 0.818 bits per heavy atom. The lowest BCUT2D eigenvalue weighted by molar-refractivity contribution is -0.113. The molecular weight excluding hydrogens is 132 g/mol. The van der Waals surface area contributed by atoms with Crippen LogP contribution in [0.1, 0.15) is 26.2 Å². The first kappa shape index (κ1) is 5.61. The van der Waals surface area contributed by atoms with E-state index in [1.165, 1.54) is 35.5 Å². The molecule has 0 heterocycles. The van der Waals surface area contributed by atoms with Crippen molar-refractivity contribution in [2.45, 2.75) is 26.2 Å². The fraction of sp³-hybridized carbons (Fsp3) is 1.00. The van der Waals surface area contributed by atoms with Crippen molar-refractivity contribution in [1.82, 2.24) is 0 Å². The predicted octanol–water partition coefficient (Wildman–Crippen LogP) is 2.54. The van der Waals surface area contributed by atoms with E-state index in [9.17, 15) is 0 Å². The van der Waals surface area contributed by atoms with E-state index in [1.807, 2.05) is 0 Å². The van der Waals surface area contributed by atoms with Crippen molar-refractivity contribution in [2.24, 2.45) is 41.4 Å². The van der Waals surface area contributed by atoms with Crippen molar-refractivity contribution in [3.05, 3.63) is 0 Å². The van der Waals surface area contributed by atoms with Gasteiger partial charge in [-0.1, -0.05) is 6.92 Å². The van der Waals surface area contributed by atoms with Crippen LogP contribution in [0.3, 0.4) is 0 Å². The summed E-state index contributed by atoms with van der Waals surface area (Å²) in [6.45, 7) is 2.53. The molecule has 0 aliphatic heterocycles. The maximum atomic E-state index is 2.53. The Bertz CT molecular complexity index is 207. The summed E-state index contributed by atoms with van der Waals surface area (Å²) in [5.74, 6) is 8.49. The Balaban J connectivity index is 1.73. The molecule has 0 nitrogen and oxygen atoms in total. The zero-order valence-electron chi connectivity index (χ0n) is 7.16. The maximum Gasteiger partial charge on any atom is -0.0318 e. The van der Waals surface area contributed by atoms with Gasteiger partial charge in [-0.2, -0.15) is 0 Å². The van der Waals surface area contributed by atoms with Gasteiger partial charge in [0.15, 0.2) is 0 Å². The number of hydrogen-bond acceptors (Lipinski definition) is 0. The summed E-state index contributed by atoms with van der Waals surface area (Å²) in [5, 5.41) is 0. The highest BCUT2D eigenvalue weighted by atomic mass is 14.7. The summed E-state index contributed by atoms with van der Waals surface area (Å²) in [6, 6.07) is 0. The van der Waals surface area contributed by atoms with Gasteiger partial charge in [0, 0.05) is 0 Å². The molecule has 0 N–H and O–H groups in total. The van der Waals surface area contributed by atoms with Gasteiger partial charge in [-0.25, -0.2) is 0 Å². The molecule has 0 aromatic carbocycles. The lowest BCUT2D eigenvalue weighted by Crippen LogP contribution is -2.53. The van der Waals surface area contributed by atoms with E-state index >= 15 is 0 Å². The van der Waals surface area contributed by atoms with Crippen LogP contribution < -0.4 is 0 Å². The molecular formula is C11H16. The highest BCUT2D eigenvalue weighted by Gasteiger charge is 2.70. The van der Waals surface area contributed by atoms with Gasteiger partial charge in [0.25, 0.3) is 0 Å². The molecule has 4 rings (SSSR count). The molecule has 0 radical (unpaired) electrons. The number of rotatable bonds is 0. The third-order valence-corrected chi connectivity index (χ3v) is 5.48. The van der Waals surface area contributed by atoms with E-state index in [0.717, 1.165) is 5.92 Å². The molecule has 7 unspecified atom stereocenters. The Morgan fingerprint density at radius 2 is 1.55 bits per heavy atom. The largest absolute Gasteiger partial charge is 0.0619 e. The molecule has 0 bridgehead atoms. The quantitative estimate of drug-likeness (QED) is 0.495. The first-order valence-electron chi connectivity index (χ1n) is 5.38. The van der Waals surface area contributed by atoms with Crippen LogP contribution in [-0.4, -0.2) is 0 Å². The summed E-state index contributed by atoms with van der Waals surface area (Å²) >= 11 is 0. The second-order valence-corrected chi connectivity index (χ2v) is 5.48. The van der Waals surface area contributed by atoms with Crippen LogP contribution in [-0.2, 0) is 0 Å². The van der Waals surface area contributed by atoms with Gasteiger partial charge >= 0.3 is 0 Å². The van der Waals surface area contributed by atoms with E-state index in [0.29, 0.717) is 0 Å². The molecule has 60 valence electrons. The highest BCUT2D eigenvalue weighted by Crippen LogP contribution is 2.76. The van der Waals surface area contributed by atoms with Gasteiger partial charge in [-0.05, 0) is 60.7 Å². The number of fused-ring (bicyclic) bond motifs is 6. The van der Waals surface area contributed by atoms with Crippen LogP contribution in [0.25, 0.3) is 0 Å². The fourth-order valence-electron chi connectivity index (χ4n) is 4.84. The van der Waals surface area contributed by atoms with Crippen LogP contribution in [0.2, 0.25) is 0 Å². The molecule has 0 aromatic heterocycles. The van der Waals surface area contributed by atoms with Gasteiger partial charge in [-0.3, -0.25) is 0 Å². The Morgan fingerprint density at radius 3 is 2.18 bits per heavy atom. The molecule has 4 aliphatic carbocycles. The minimum Gasteiger partial charge on any atom is -0.0619 e. The normalized spacial score (nSPS) is 75.5. The second-order valence-electron chi connectivity index (χ2n) is 5.48. The van der Waals surface area contributed by atoms with Crippen molar-refractivity contribution in [2.75, 3.05) is 0 Å². The van der Waals surface area contributed by atoms with E-state index in [-0.39, 0.29) is 0 Å². The third kappa shape index (κ3) is 0.421. The van der Waals surface area contributed by atoms with E-state index in [1.54, 1.807) is 19.3 Å². The van der Waals surface area contributed by atoms with Gasteiger partial charge < -0.3 is 0 Å². The van der Waals surface area contributed by atoms with Gasteiger partial charge in [0.05, 0.1) is 0 Å². The van der Waals surface area contributed by atoms with E-state index in [4.69, 9.17) is 0 Å². The predicted molar refractivity (Wildman–Crippen MR) is 44.0 cm³/mol. The minimum absolute atomic E-state index is 1.13. The van der Waals surface area contributed by atoms with Crippen molar-refractivity contribution < 1.29 is 0 Å². The second kappa shape index (κ2) is 1.41. The molecule has 4 fully saturated rings. The van der Waals surface area contributed by atoms with Gasteiger partial charge in [-0.15, -0.1) is 0 Å². The summed E-state index contributed by atoms with van der Waals surface area (Å²) in [5.41, 5.74) is 0. The molecule has 7 atom stereocenters. The maximum absolute atomic E-state index is 2.53. The zero-order chi connectivity index (χ0) is 7.16. The lowest BCUT2D eigenvalue weighted by atomic mass is 9.45. The van der Waals surface area contributed by atoms with E-state index in [2.05, 4.69) is 6.92 Å². The molecule has 0 heteroatoms. The Kier molecular flexibility index (Phi) is 0.717. The molecule has 11 heavy (non-hydrogen) atoms. The summed E-state index contributed by atoms with van der Waals surface area (Å²) in [7, 11) is 0. The minimum atomic E-state index is 1.13. The topological polar surface area (TPSA) is 0 Å². The van der Waals surface area contributed by atoms with Crippen LogP contribution >= 0.6 is 0 Å². The van der Waals surface area contributed by atoms with Crippen LogP contribution in [0, 0.1) is 41.4 Å². The summed E-state index contributed by atoms with van der Waals surface area (Å²) in [4.78, 5) is 0. The first-order valence-corrected chi connectivity index (χ1v) is 5.38. The summed E-state index contributed by atoms with van der Waals surface area (Å²) < 4.78 is 0. The van der Waals surface area contributed by atoms with Gasteiger partial charge in [0.2, 0.25) is 0 Å². The van der Waals surface area contributed by atoms with Crippen LogP contribution in [0.15, 0.2) is 0 Å². The Labute approximate surface area is 68.4 Å². The Hall–Kier alpha value is 0. The summed E-state index contributed by atoms with van der Waals surface area (Å²) in [6.07, 6.45) is 4.81. The monoisotopic (exact) mass is 148 g/mol. The third-order valence-electron chi connectivity index (χ3n) is 5.48. The molecule has 0 aromatic rings. The number of hydrogen-bond donors (Lipinski definition) is 0. The smallest absolute Gasteiger partial charge is 0.0318 e. The molecule has 4 aliphatic rings. The average Bonchev–Trinajstić information content (AvgIpc) is 2.66. The zero-order valence-corrected chi connectivity index (χ0v) is 7.16. The molecule has 0 amide bonds. The molecule has 0 saturated heterocycles. The standard InChI is InChI=1S/C11H16/c1-5-8-4-9(8)11-7-3-2-6(7)10(5)11/h5-11H,2-4H2,1H3. The van der Waals surface area contributed by atoms with Crippen molar-refractivity contribution in [1.29, 1.82) is 0 Å². The average molecular weight is 148 g/mol. The van der Waals surface area contributed by atoms with Crippen molar-refractivity contribution in [3.63, 3.8) is 0 Å². The fourth-order valence-corrected chi connectivity index (χ4v) is 4.84. The van der Waals surface area contributed by atoms with Crippen molar-refractivity contribution >= 4 is 0 Å². The lowest BCUT2D eigenvalue weighted by Gasteiger charge is -2.60. The SMILES string of the molecule is CC1C2CC2C2C3CCC3C12. The van der Waals surface area contributed by atoms with Crippen LogP contribution in [0.5, 0.6) is 0 Å². The van der Waals surface area contributed by atoms with Gasteiger partial charge in [0.1, 0.15) is 0 Å². The van der Waals surface area contributed by atoms with Crippen LogP contribution in [0.4, 0.5) is 0 Å². The van der Waals surface area contributed by atoms with Crippen molar-refractivity contribution in [3.8, 4) is 0 Å². The molecule has 0 spiro atoms. The first-order chi connectivity index (χ1) is 5.38.